The van der Waals surface area contributed by atoms with Gasteiger partial charge in [0.25, 0.3) is 0 Å². The molecule has 0 bridgehead atoms. The van der Waals surface area contributed by atoms with Crippen LogP contribution < -0.4 is 15.4 Å². The van der Waals surface area contributed by atoms with Crippen LogP contribution in [0.3, 0.4) is 0 Å². The summed E-state index contributed by atoms with van der Waals surface area (Å²) in [5, 5.41) is 6.11. The summed E-state index contributed by atoms with van der Waals surface area (Å²) < 4.78 is 5.36. The first-order valence-corrected chi connectivity index (χ1v) is 6.74. The average molecular weight is 265 g/mol. The van der Waals surface area contributed by atoms with Crippen LogP contribution in [-0.2, 0) is 4.79 Å². The lowest BCUT2D eigenvalue weighted by atomic mass is 10.2. The molecule has 0 saturated carbocycles. The molecule has 1 heterocycles. The zero-order valence-corrected chi connectivity index (χ0v) is 11.9. The lowest BCUT2D eigenvalue weighted by molar-refractivity contribution is -0.116. The molecule has 1 aromatic heterocycles. The number of nitrogens with zero attached hydrogens (tertiary/aromatic N) is 1. The number of hydrogen-bond donors (Lipinski definition) is 2. The highest BCUT2D eigenvalue weighted by molar-refractivity contribution is 5.91. The highest BCUT2D eigenvalue weighted by Gasteiger charge is 2.08. The van der Waals surface area contributed by atoms with Gasteiger partial charge in [-0.25, -0.2) is 4.98 Å². The maximum absolute atomic E-state index is 11.8. The number of amides is 1. The van der Waals surface area contributed by atoms with Gasteiger partial charge in [-0.15, -0.1) is 0 Å². The molecular weight excluding hydrogens is 242 g/mol. The van der Waals surface area contributed by atoms with Crippen LogP contribution in [0.25, 0.3) is 0 Å². The molecule has 0 aliphatic carbocycles. The van der Waals surface area contributed by atoms with Crippen molar-refractivity contribution < 1.29 is 9.53 Å². The molecule has 5 heteroatoms. The zero-order valence-electron chi connectivity index (χ0n) is 11.9. The number of carbonyl (C=O) groups is 1. The van der Waals surface area contributed by atoms with E-state index in [1.54, 1.807) is 18.3 Å². The third-order valence-electron chi connectivity index (χ3n) is 2.46. The summed E-state index contributed by atoms with van der Waals surface area (Å²) in [7, 11) is 0. The molecule has 0 saturated heterocycles. The molecule has 0 radical (unpaired) electrons. The van der Waals surface area contributed by atoms with Crippen LogP contribution in [0.2, 0.25) is 0 Å². The summed E-state index contributed by atoms with van der Waals surface area (Å²) >= 11 is 0. The standard InChI is InChI=1S/C14H23N3O2/c1-4-19-14-12(7-5-10-16-14)17-13(18)8-6-9-15-11(2)3/h5,7,10-11,15H,4,6,8-9H2,1-3H3,(H,17,18). The first kappa shape index (κ1) is 15.4. The van der Waals surface area contributed by atoms with Crippen LogP contribution >= 0.6 is 0 Å². The summed E-state index contributed by atoms with van der Waals surface area (Å²) in [5.74, 6) is 0.457. The molecule has 0 aliphatic rings. The lowest BCUT2D eigenvalue weighted by Gasteiger charge is -2.10. The second kappa shape index (κ2) is 8.48. The second-order valence-electron chi connectivity index (χ2n) is 4.55. The Labute approximate surface area is 114 Å². The Kier molecular flexibility index (Phi) is 6.89. The Morgan fingerprint density at radius 3 is 2.95 bits per heavy atom. The van der Waals surface area contributed by atoms with E-state index in [2.05, 4.69) is 29.5 Å². The quantitative estimate of drug-likeness (QED) is 0.707. The minimum atomic E-state index is -0.0143. The molecule has 19 heavy (non-hydrogen) atoms. The van der Waals surface area contributed by atoms with Crippen LogP contribution in [0.1, 0.15) is 33.6 Å². The summed E-state index contributed by atoms with van der Waals surface area (Å²) in [4.78, 5) is 15.9. The van der Waals surface area contributed by atoms with E-state index in [-0.39, 0.29) is 5.91 Å². The third kappa shape index (κ3) is 6.20. The second-order valence-corrected chi connectivity index (χ2v) is 4.55. The van der Waals surface area contributed by atoms with Gasteiger partial charge in [-0.1, -0.05) is 13.8 Å². The van der Waals surface area contributed by atoms with Gasteiger partial charge in [0, 0.05) is 18.7 Å². The van der Waals surface area contributed by atoms with Crippen LogP contribution in [0.4, 0.5) is 5.69 Å². The van der Waals surface area contributed by atoms with E-state index in [4.69, 9.17) is 4.74 Å². The largest absolute Gasteiger partial charge is 0.476 e. The van der Waals surface area contributed by atoms with Crippen molar-refractivity contribution >= 4 is 11.6 Å². The number of aromatic nitrogens is 1. The summed E-state index contributed by atoms with van der Waals surface area (Å²) in [6, 6.07) is 4.02. The molecule has 0 aromatic carbocycles. The van der Waals surface area contributed by atoms with E-state index in [0.717, 1.165) is 13.0 Å². The Morgan fingerprint density at radius 2 is 2.26 bits per heavy atom. The molecule has 106 valence electrons. The number of anilines is 1. The first-order chi connectivity index (χ1) is 9.13. The smallest absolute Gasteiger partial charge is 0.237 e. The molecular formula is C14H23N3O2. The van der Waals surface area contributed by atoms with Gasteiger partial charge in [0.15, 0.2) is 0 Å². The monoisotopic (exact) mass is 265 g/mol. The molecule has 0 unspecified atom stereocenters. The van der Waals surface area contributed by atoms with E-state index in [0.29, 0.717) is 30.6 Å². The zero-order chi connectivity index (χ0) is 14.1. The Hall–Kier alpha value is -1.62. The van der Waals surface area contributed by atoms with Crippen molar-refractivity contribution in [1.82, 2.24) is 10.3 Å². The Morgan fingerprint density at radius 1 is 1.47 bits per heavy atom. The van der Waals surface area contributed by atoms with Gasteiger partial charge >= 0.3 is 0 Å². The molecule has 0 atom stereocenters. The number of hydrogen-bond acceptors (Lipinski definition) is 4. The highest BCUT2D eigenvalue weighted by Crippen LogP contribution is 2.20. The maximum atomic E-state index is 11.8. The number of nitrogens with one attached hydrogen (secondary N) is 2. The number of carbonyl (C=O) groups excluding carboxylic acids is 1. The predicted molar refractivity (Wildman–Crippen MR) is 76.4 cm³/mol. The summed E-state index contributed by atoms with van der Waals surface area (Å²) in [5.41, 5.74) is 0.631. The fourth-order valence-corrected chi connectivity index (χ4v) is 1.59. The van der Waals surface area contributed by atoms with Gasteiger partial charge in [-0.05, 0) is 32.0 Å². The van der Waals surface area contributed by atoms with Crippen molar-refractivity contribution in [1.29, 1.82) is 0 Å². The van der Waals surface area contributed by atoms with E-state index in [1.807, 2.05) is 6.92 Å². The van der Waals surface area contributed by atoms with E-state index >= 15 is 0 Å². The van der Waals surface area contributed by atoms with Crippen LogP contribution in [0, 0.1) is 0 Å². The predicted octanol–water partition coefficient (Wildman–Crippen LogP) is 2.20. The van der Waals surface area contributed by atoms with Gasteiger partial charge in [-0.2, -0.15) is 0 Å². The molecule has 1 rings (SSSR count). The van der Waals surface area contributed by atoms with Crippen molar-refractivity contribution in [3.63, 3.8) is 0 Å². The van der Waals surface area contributed by atoms with Crippen LogP contribution in [0.15, 0.2) is 18.3 Å². The molecule has 1 aromatic rings. The van der Waals surface area contributed by atoms with Gasteiger partial charge < -0.3 is 15.4 Å². The molecule has 0 fully saturated rings. The molecule has 2 N–H and O–H groups in total. The molecule has 0 spiro atoms. The minimum absolute atomic E-state index is 0.0143. The molecule has 0 aliphatic heterocycles. The van der Waals surface area contributed by atoms with Gasteiger partial charge in [0.05, 0.1) is 6.61 Å². The Bertz CT molecular complexity index is 394. The summed E-state index contributed by atoms with van der Waals surface area (Å²) in [6.07, 6.45) is 2.95. The van der Waals surface area contributed by atoms with Gasteiger partial charge in [0.2, 0.25) is 11.8 Å². The van der Waals surface area contributed by atoms with Crippen molar-refractivity contribution in [2.45, 2.75) is 39.7 Å². The van der Waals surface area contributed by atoms with Crippen molar-refractivity contribution in [3.05, 3.63) is 18.3 Å². The SMILES string of the molecule is CCOc1ncccc1NC(=O)CCCNC(C)C. The minimum Gasteiger partial charge on any atom is -0.476 e. The highest BCUT2D eigenvalue weighted by atomic mass is 16.5. The number of rotatable bonds is 8. The third-order valence-corrected chi connectivity index (χ3v) is 2.46. The first-order valence-electron chi connectivity index (χ1n) is 6.74. The topological polar surface area (TPSA) is 63.2 Å². The van der Waals surface area contributed by atoms with Crippen LogP contribution in [-0.4, -0.2) is 30.1 Å². The fraction of sp³-hybridized carbons (Fsp3) is 0.571. The van der Waals surface area contributed by atoms with Crippen molar-refractivity contribution in [2.24, 2.45) is 0 Å². The fourth-order valence-electron chi connectivity index (χ4n) is 1.59. The van der Waals surface area contributed by atoms with E-state index in [1.165, 1.54) is 0 Å². The summed E-state index contributed by atoms with van der Waals surface area (Å²) in [6.45, 7) is 7.43. The van der Waals surface area contributed by atoms with Crippen molar-refractivity contribution in [2.75, 3.05) is 18.5 Å². The number of pyridine rings is 1. The lowest BCUT2D eigenvalue weighted by Crippen LogP contribution is -2.24. The van der Waals surface area contributed by atoms with E-state index in [9.17, 15) is 4.79 Å². The van der Waals surface area contributed by atoms with Crippen LogP contribution in [0.5, 0.6) is 5.88 Å². The molecule has 1 amide bonds. The van der Waals surface area contributed by atoms with E-state index < -0.39 is 0 Å². The normalized spacial score (nSPS) is 10.5. The number of ether oxygens (including phenoxy) is 1. The Balaban J connectivity index is 2.39. The van der Waals surface area contributed by atoms with Gasteiger partial charge in [-0.3, -0.25) is 4.79 Å². The maximum Gasteiger partial charge on any atom is 0.237 e. The molecule has 5 nitrogen and oxygen atoms in total. The average Bonchev–Trinajstić information content (AvgIpc) is 2.37. The van der Waals surface area contributed by atoms with Gasteiger partial charge in [0.1, 0.15) is 5.69 Å². The van der Waals surface area contributed by atoms with Crippen molar-refractivity contribution in [3.8, 4) is 5.88 Å².